The molecule has 1 rings (SSSR count). The number of aromatic nitrogens is 2. The Morgan fingerprint density at radius 1 is 1.58 bits per heavy atom. The minimum atomic E-state index is -1.02. The molecule has 4 nitrogen and oxygen atoms in total. The van der Waals surface area contributed by atoms with Crippen LogP contribution in [0.2, 0.25) is 0 Å². The maximum atomic E-state index is 10.6. The van der Waals surface area contributed by atoms with E-state index in [2.05, 4.69) is 10.2 Å². The van der Waals surface area contributed by atoms with Gasteiger partial charge in [0.25, 0.3) is 0 Å². The van der Waals surface area contributed by atoms with Crippen molar-refractivity contribution in [1.29, 1.82) is 0 Å². The number of hydrogen-bond acceptors (Lipinski definition) is 3. The van der Waals surface area contributed by atoms with Gasteiger partial charge in [0.1, 0.15) is 0 Å². The Hall–Kier alpha value is -1.45. The summed E-state index contributed by atoms with van der Waals surface area (Å²) in [5, 5.41) is 15.8. The maximum absolute atomic E-state index is 10.6. The van der Waals surface area contributed by atoms with Gasteiger partial charge in [0.05, 0.1) is 0 Å². The first-order chi connectivity index (χ1) is 5.63. The second kappa shape index (κ2) is 3.30. The van der Waals surface area contributed by atoms with E-state index in [4.69, 9.17) is 5.11 Å². The van der Waals surface area contributed by atoms with E-state index in [9.17, 15) is 4.79 Å². The molecule has 0 aliphatic carbocycles. The monoisotopic (exact) mass is 166 g/mol. The number of aromatic carboxylic acids is 1. The fourth-order valence-corrected chi connectivity index (χ4v) is 0.974. The molecule has 0 radical (unpaired) electrons. The molecular formula is C8H10N2O2. The van der Waals surface area contributed by atoms with Gasteiger partial charge in [0.15, 0.2) is 5.69 Å². The molecule has 0 saturated heterocycles. The highest BCUT2D eigenvalue weighted by Crippen LogP contribution is 2.15. The van der Waals surface area contributed by atoms with E-state index in [1.807, 2.05) is 13.8 Å². The Labute approximate surface area is 70.3 Å². The fraction of sp³-hybridized carbons (Fsp3) is 0.375. The van der Waals surface area contributed by atoms with Crippen LogP contribution in [0.25, 0.3) is 0 Å². The van der Waals surface area contributed by atoms with E-state index < -0.39 is 5.97 Å². The van der Waals surface area contributed by atoms with Gasteiger partial charge in [-0.2, -0.15) is 5.10 Å². The van der Waals surface area contributed by atoms with Crippen molar-refractivity contribution < 1.29 is 9.90 Å². The smallest absolute Gasteiger partial charge is 0.356 e. The predicted molar refractivity (Wildman–Crippen MR) is 43.1 cm³/mol. The quantitative estimate of drug-likeness (QED) is 0.719. The zero-order valence-electron chi connectivity index (χ0n) is 6.98. The zero-order valence-corrected chi connectivity index (χ0v) is 6.98. The van der Waals surface area contributed by atoms with Gasteiger partial charge in [0.2, 0.25) is 0 Å². The molecule has 0 aliphatic heterocycles. The molecule has 1 N–H and O–H groups in total. The number of nitrogens with zero attached hydrogens (tertiary/aromatic N) is 2. The number of hydrogen-bond donors (Lipinski definition) is 1. The second-order valence-corrected chi connectivity index (χ2v) is 2.80. The van der Waals surface area contributed by atoms with Crippen LogP contribution in [-0.2, 0) is 0 Å². The molecule has 0 aromatic carbocycles. The SMILES string of the molecule is CC(C)c1ccnnc1C(=O)O. The first-order valence-electron chi connectivity index (χ1n) is 3.67. The van der Waals surface area contributed by atoms with Crippen molar-refractivity contribution in [2.45, 2.75) is 19.8 Å². The minimum Gasteiger partial charge on any atom is -0.476 e. The third-order valence-electron chi connectivity index (χ3n) is 1.58. The first-order valence-corrected chi connectivity index (χ1v) is 3.67. The molecule has 4 heteroatoms. The summed E-state index contributed by atoms with van der Waals surface area (Å²) in [6.45, 7) is 3.84. The molecule has 0 atom stereocenters. The van der Waals surface area contributed by atoms with Gasteiger partial charge < -0.3 is 5.11 Å². The minimum absolute atomic E-state index is 0.0486. The second-order valence-electron chi connectivity index (χ2n) is 2.80. The van der Waals surface area contributed by atoms with Crippen LogP contribution in [0.3, 0.4) is 0 Å². The molecule has 1 heterocycles. The number of carboxylic acid groups (broad SMARTS) is 1. The van der Waals surface area contributed by atoms with Crippen LogP contribution in [0.4, 0.5) is 0 Å². The molecule has 1 aromatic rings. The topological polar surface area (TPSA) is 63.1 Å². The molecule has 1 aromatic heterocycles. The summed E-state index contributed by atoms with van der Waals surface area (Å²) in [6.07, 6.45) is 1.50. The third kappa shape index (κ3) is 1.58. The molecule has 64 valence electrons. The number of carbonyl (C=O) groups is 1. The van der Waals surface area contributed by atoms with Gasteiger partial charge >= 0.3 is 5.97 Å². The maximum Gasteiger partial charge on any atom is 0.356 e. The highest BCUT2D eigenvalue weighted by molar-refractivity contribution is 5.86. The third-order valence-corrected chi connectivity index (χ3v) is 1.58. The summed E-state index contributed by atoms with van der Waals surface area (Å²) in [7, 11) is 0. The van der Waals surface area contributed by atoms with Crippen LogP contribution in [0.5, 0.6) is 0 Å². The molecule has 0 spiro atoms. The Bertz CT molecular complexity index is 297. The first kappa shape index (κ1) is 8.64. The van der Waals surface area contributed by atoms with Gasteiger partial charge in [-0.15, -0.1) is 5.10 Å². The fourth-order valence-electron chi connectivity index (χ4n) is 0.974. The molecule has 0 fully saturated rings. The Morgan fingerprint density at radius 2 is 2.25 bits per heavy atom. The molecule has 0 bridgehead atoms. The van der Waals surface area contributed by atoms with Gasteiger partial charge in [-0.3, -0.25) is 0 Å². The average molecular weight is 166 g/mol. The lowest BCUT2D eigenvalue weighted by atomic mass is 10.0. The molecule has 0 amide bonds. The highest BCUT2D eigenvalue weighted by Gasteiger charge is 2.13. The van der Waals surface area contributed by atoms with E-state index in [1.54, 1.807) is 6.07 Å². The van der Waals surface area contributed by atoms with Gasteiger partial charge in [-0.05, 0) is 17.5 Å². The summed E-state index contributed by atoms with van der Waals surface area (Å²) in [4.78, 5) is 10.6. The van der Waals surface area contributed by atoms with Crippen LogP contribution in [0, 0.1) is 0 Å². The van der Waals surface area contributed by atoms with Crippen molar-refractivity contribution in [3.8, 4) is 0 Å². The zero-order chi connectivity index (χ0) is 9.14. The van der Waals surface area contributed by atoms with E-state index in [1.165, 1.54) is 6.20 Å². The van der Waals surface area contributed by atoms with Gasteiger partial charge in [-0.1, -0.05) is 13.8 Å². The van der Waals surface area contributed by atoms with Crippen molar-refractivity contribution in [1.82, 2.24) is 10.2 Å². The largest absolute Gasteiger partial charge is 0.476 e. The van der Waals surface area contributed by atoms with Crippen LogP contribution in [0.15, 0.2) is 12.3 Å². The number of carboxylic acids is 1. The lowest BCUT2D eigenvalue weighted by Gasteiger charge is -2.05. The highest BCUT2D eigenvalue weighted by atomic mass is 16.4. The summed E-state index contributed by atoms with van der Waals surface area (Å²) in [5.74, 6) is -0.863. The normalized spacial score (nSPS) is 10.2. The van der Waals surface area contributed by atoms with Crippen LogP contribution in [0.1, 0.15) is 35.8 Å². The van der Waals surface area contributed by atoms with Crippen LogP contribution >= 0.6 is 0 Å². The van der Waals surface area contributed by atoms with Crippen molar-refractivity contribution in [2.75, 3.05) is 0 Å². The van der Waals surface area contributed by atoms with Crippen LogP contribution < -0.4 is 0 Å². The molecular weight excluding hydrogens is 156 g/mol. The molecule has 0 aliphatic rings. The summed E-state index contributed by atoms with van der Waals surface area (Å²) < 4.78 is 0. The van der Waals surface area contributed by atoms with Gasteiger partial charge in [0, 0.05) is 6.20 Å². The predicted octanol–water partition coefficient (Wildman–Crippen LogP) is 1.30. The van der Waals surface area contributed by atoms with E-state index in [0.29, 0.717) is 0 Å². The molecule has 0 saturated carbocycles. The van der Waals surface area contributed by atoms with Crippen molar-refractivity contribution in [3.05, 3.63) is 23.5 Å². The summed E-state index contributed by atoms with van der Waals surface area (Å²) in [6, 6.07) is 1.68. The Morgan fingerprint density at radius 3 is 2.67 bits per heavy atom. The van der Waals surface area contributed by atoms with Crippen molar-refractivity contribution >= 4 is 5.97 Å². The Kier molecular flexibility index (Phi) is 2.38. The number of rotatable bonds is 2. The average Bonchev–Trinajstić information content (AvgIpc) is 2.04. The Balaban J connectivity index is 3.17. The van der Waals surface area contributed by atoms with E-state index in [0.717, 1.165) is 5.56 Å². The van der Waals surface area contributed by atoms with Crippen LogP contribution in [-0.4, -0.2) is 21.3 Å². The molecule has 0 unspecified atom stereocenters. The molecule has 12 heavy (non-hydrogen) atoms. The lowest BCUT2D eigenvalue weighted by molar-refractivity contribution is 0.0687. The van der Waals surface area contributed by atoms with Crippen molar-refractivity contribution in [2.24, 2.45) is 0 Å². The summed E-state index contributed by atoms with van der Waals surface area (Å²) in [5.41, 5.74) is 0.769. The van der Waals surface area contributed by atoms with Gasteiger partial charge in [-0.25, -0.2) is 4.79 Å². The van der Waals surface area contributed by atoms with E-state index >= 15 is 0 Å². The standard InChI is InChI=1S/C8H10N2O2/c1-5(2)6-3-4-9-10-7(6)8(11)12/h3-5H,1-2H3,(H,11,12). The lowest BCUT2D eigenvalue weighted by Crippen LogP contribution is -2.07. The summed E-state index contributed by atoms with van der Waals surface area (Å²) >= 11 is 0. The van der Waals surface area contributed by atoms with Crippen molar-refractivity contribution in [3.63, 3.8) is 0 Å². The van der Waals surface area contributed by atoms with E-state index in [-0.39, 0.29) is 11.6 Å².